The monoisotopic (exact) mass is 259 g/mol. The Bertz CT molecular complexity index is 391. The van der Waals surface area contributed by atoms with Crippen molar-refractivity contribution >= 4 is 29.0 Å². The summed E-state index contributed by atoms with van der Waals surface area (Å²) in [6, 6.07) is 5.26. The van der Waals surface area contributed by atoms with Crippen molar-refractivity contribution in [2.45, 2.75) is 19.9 Å². The second-order valence-corrected chi connectivity index (χ2v) is 4.90. The molecule has 0 N–H and O–H groups in total. The molecule has 0 heterocycles. The highest BCUT2D eigenvalue weighted by atomic mass is 35.5. The van der Waals surface area contributed by atoms with E-state index >= 15 is 0 Å². The summed E-state index contributed by atoms with van der Waals surface area (Å²) in [7, 11) is 1.91. The second kappa shape index (κ2) is 5.67. The Morgan fingerprint density at radius 2 is 2.00 bits per heavy atom. The molecule has 2 nitrogen and oxygen atoms in total. The molecule has 4 heteroatoms. The van der Waals surface area contributed by atoms with E-state index in [1.807, 2.05) is 25.8 Å². The van der Waals surface area contributed by atoms with Crippen molar-refractivity contribution in [1.29, 1.82) is 0 Å². The number of likely N-dealkylation sites (N-methyl/N-ethyl adjacent to an activating group) is 1. The van der Waals surface area contributed by atoms with E-state index < -0.39 is 0 Å². The fourth-order valence-corrected chi connectivity index (χ4v) is 1.72. The van der Waals surface area contributed by atoms with Gasteiger partial charge in [-0.25, -0.2) is 0 Å². The Balaban J connectivity index is 2.81. The van der Waals surface area contributed by atoms with Crippen LogP contribution >= 0.6 is 23.2 Å². The fraction of sp³-hybridized carbons (Fsp3) is 0.417. The van der Waals surface area contributed by atoms with Crippen LogP contribution in [0, 0.1) is 0 Å². The quantitative estimate of drug-likeness (QED) is 0.772. The average molecular weight is 260 g/mol. The molecule has 0 atom stereocenters. The van der Waals surface area contributed by atoms with Crippen LogP contribution in [0.25, 0.3) is 0 Å². The first-order chi connectivity index (χ1) is 7.41. The Kier molecular flexibility index (Phi) is 4.78. The minimum atomic E-state index is 0.0119. The van der Waals surface area contributed by atoms with Gasteiger partial charge in [-0.05, 0) is 39.1 Å². The molecule has 88 valence electrons. The number of halogens is 2. The van der Waals surface area contributed by atoms with Crippen LogP contribution < -0.4 is 0 Å². The number of Topliss-reactive ketones (excluding diaryl/α,β-unsaturated/α-hetero) is 1. The third-order valence-corrected chi connectivity index (χ3v) is 3.05. The minimum absolute atomic E-state index is 0.0119. The van der Waals surface area contributed by atoms with Crippen molar-refractivity contribution in [2.24, 2.45) is 0 Å². The van der Waals surface area contributed by atoms with E-state index in [4.69, 9.17) is 23.2 Å². The zero-order valence-corrected chi connectivity index (χ0v) is 11.1. The molecule has 16 heavy (non-hydrogen) atoms. The molecule has 0 aliphatic heterocycles. The van der Waals surface area contributed by atoms with Crippen LogP contribution in [0.15, 0.2) is 18.2 Å². The van der Waals surface area contributed by atoms with E-state index in [0.717, 1.165) is 0 Å². The lowest BCUT2D eigenvalue weighted by Crippen LogP contribution is -2.32. The van der Waals surface area contributed by atoms with Gasteiger partial charge in [0.05, 0.1) is 11.6 Å². The third kappa shape index (κ3) is 3.48. The van der Waals surface area contributed by atoms with Gasteiger partial charge in [0.15, 0.2) is 5.78 Å². The summed E-state index contributed by atoms with van der Waals surface area (Å²) in [5, 5.41) is 0.952. The summed E-state index contributed by atoms with van der Waals surface area (Å²) >= 11 is 11.7. The van der Waals surface area contributed by atoms with Crippen LogP contribution in [0.4, 0.5) is 0 Å². The predicted octanol–water partition coefficient (Wildman–Crippen LogP) is 3.52. The molecule has 0 aromatic heterocycles. The van der Waals surface area contributed by atoms with Crippen molar-refractivity contribution in [3.05, 3.63) is 33.8 Å². The zero-order valence-electron chi connectivity index (χ0n) is 9.63. The lowest BCUT2D eigenvalue weighted by atomic mass is 10.1. The summed E-state index contributed by atoms with van der Waals surface area (Å²) in [6.07, 6.45) is 0. The van der Waals surface area contributed by atoms with Gasteiger partial charge in [-0.1, -0.05) is 23.2 Å². The van der Waals surface area contributed by atoms with E-state index in [-0.39, 0.29) is 5.78 Å². The summed E-state index contributed by atoms with van der Waals surface area (Å²) in [6.45, 7) is 4.44. The van der Waals surface area contributed by atoms with Crippen LogP contribution in [0.2, 0.25) is 10.0 Å². The number of ketones is 1. The van der Waals surface area contributed by atoms with Crippen molar-refractivity contribution in [2.75, 3.05) is 13.6 Å². The lowest BCUT2D eigenvalue weighted by molar-refractivity contribution is 0.0930. The number of hydrogen-bond donors (Lipinski definition) is 0. The van der Waals surface area contributed by atoms with Gasteiger partial charge in [0, 0.05) is 16.6 Å². The normalized spacial score (nSPS) is 11.2. The van der Waals surface area contributed by atoms with Gasteiger partial charge in [-0.15, -0.1) is 0 Å². The smallest absolute Gasteiger partial charge is 0.178 e. The van der Waals surface area contributed by atoms with E-state index in [0.29, 0.717) is 28.2 Å². The molecule has 0 radical (unpaired) electrons. The van der Waals surface area contributed by atoms with Gasteiger partial charge in [-0.2, -0.15) is 0 Å². The van der Waals surface area contributed by atoms with E-state index in [9.17, 15) is 4.79 Å². The molecule has 1 rings (SSSR count). The predicted molar refractivity (Wildman–Crippen MR) is 68.6 cm³/mol. The minimum Gasteiger partial charge on any atom is -0.296 e. The van der Waals surface area contributed by atoms with Crippen molar-refractivity contribution in [3.8, 4) is 0 Å². The topological polar surface area (TPSA) is 20.3 Å². The van der Waals surface area contributed by atoms with Gasteiger partial charge >= 0.3 is 0 Å². The average Bonchev–Trinajstić information content (AvgIpc) is 2.16. The maximum atomic E-state index is 11.9. The van der Waals surface area contributed by atoms with Crippen molar-refractivity contribution in [3.63, 3.8) is 0 Å². The van der Waals surface area contributed by atoms with E-state index in [1.54, 1.807) is 18.2 Å². The number of benzene rings is 1. The third-order valence-electron chi connectivity index (χ3n) is 2.51. The Labute approximate surface area is 106 Å². The molecule has 0 spiro atoms. The summed E-state index contributed by atoms with van der Waals surface area (Å²) < 4.78 is 0. The highest BCUT2D eigenvalue weighted by Gasteiger charge is 2.14. The van der Waals surface area contributed by atoms with Crippen LogP contribution in [0.5, 0.6) is 0 Å². The van der Waals surface area contributed by atoms with Gasteiger partial charge in [0.25, 0.3) is 0 Å². The first-order valence-electron chi connectivity index (χ1n) is 5.10. The number of carbonyl (C=O) groups excluding carboxylic acids is 1. The Morgan fingerprint density at radius 3 is 2.50 bits per heavy atom. The molecule has 0 saturated heterocycles. The standard InChI is InChI=1S/C12H15Cl2NO/c1-8(2)15(3)7-12(16)10-5-4-9(13)6-11(10)14/h4-6,8H,7H2,1-3H3. The molecule has 0 aliphatic carbocycles. The van der Waals surface area contributed by atoms with Crippen molar-refractivity contribution < 1.29 is 4.79 Å². The van der Waals surface area contributed by atoms with E-state index in [2.05, 4.69) is 0 Å². The van der Waals surface area contributed by atoms with E-state index in [1.165, 1.54) is 0 Å². The molecule has 0 aliphatic rings. The molecule has 1 aromatic rings. The highest BCUT2D eigenvalue weighted by molar-refractivity contribution is 6.36. The van der Waals surface area contributed by atoms with Gasteiger partial charge in [0.1, 0.15) is 0 Å². The maximum Gasteiger partial charge on any atom is 0.178 e. The lowest BCUT2D eigenvalue weighted by Gasteiger charge is -2.20. The van der Waals surface area contributed by atoms with Gasteiger partial charge < -0.3 is 0 Å². The Morgan fingerprint density at radius 1 is 1.38 bits per heavy atom. The van der Waals surface area contributed by atoms with Crippen LogP contribution in [-0.4, -0.2) is 30.3 Å². The first-order valence-corrected chi connectivity index (χ1v) is 5.86. The fourth-order valence-electron chi connectivity index (χ4n) is 1.21. The summed E-state index contributed by atoms with van der Waals surface area (Å²) in [4.78, 5) is 13.9. The number of nitrogens with zero attached hydrogens (tertiary/aromatic N) is 1. The second-order valence-electron chi connectivity index (χ2n) is 4.06. The molecule has 1 aromatic carbocycles. The van der Waals surface area contributed by atoms with Gasteiger partial charge in [0.2, 0.25) is 0 Å². The first kappa shape index (κ1) is 13.5. The summed E-state index contributed by atoms with van der Waals surface area (Å²) in [5.41, 5.74) is 0.526. The number of hydrogen-bond acceptors (Lipinski definition) is 2. The van der Waals surface area contributed by atoms with Crippen LogP contribution in [0.1, 0.15) is 24.2 Å². The largest absolute Gasteiger partial charge is 0.296 e. The van der Waals surface area contributed by atoms with Gasteiger partial charge in [-0.3, -0.25) is 9.69 Å². The SMILES string of the molecule is CC(C)N(C)CC(=O)c1ccc(Cl)cc1Cl. The molecule has 0 unspecified atom stereocenters. The maximum absolute atomic E-state index is 11.9. The molecular formula is C12H15Cl2NO. The number of rotatable bonds is 4. The Hall–Kier alpha value is -0.570. The van der Waals surface area contributed by atoms with Crippen LogP contribution in [0.3, 0.4) is 0 Å². The highest BCUT2D eigenvalue weighted by Crippen LogP contribution is 2.21. The molecule has 0 saturated carbocycles. The van der Waals surface area contributed by atoms with Crippen molar-refractivity contribution in [1.82, 2.24) is 4.90 Å². The number of carbonyl (C=O) groups is 1. The molecule has 0 amide bonds. The summed E-state index contributed by atoms with van der Waals surface area (Å²) in [5.74, 6) is 0.0119. The zero-order chi connectivity index (χ0) is 12.3. The van der Waals surface area contributed by atoms with Crippen LogP contribution in [-0.2, 0) is 0 Å². The molecule has 0 fully saturated rings. The molecular weight excluding hydrogens is 245 g/mol. The molecule has 0 bridgehead atoms.